The van der Waals surface area contributed by atoms with Gasteiger partial charge in [0.05, 0.1) is 5.69 Å². The molecule has 0 spiro atoms. The van der Waals surface area contributed by atoms with Crippen molar-refractivity contribution in [2.45, 2.75) is 0 Å². The summed E-state index contributed by atoms with van der Waals surface area (Å²) in [4.78, 5) is 2.43. The van der Waals surface area contributed by atoms with Crippen molar-refractivity contribution in [2.24, 2.45) is 0 Å². The van der Waals surface area contributed by atoms with Crippen LogP contribution < -0.4 is 4.90 Å². The molecule has 0 saturated heterocycles. The zero-order valence-electron chi connectivity index (χ0n) is 27.3. The molecular weight excluding hydrogens is 623 g/mol. The van der Waals surface area contributed by atoms with E-state index in [0.717, 1.165) is 17.1 Å². The monoisotopic (exact) mass is 653 g/mol. The molecule has 0 bridgehead atoms. The Balaban J connectivity index is 1.25. The average Bonchev–Trinajstić information content (AvgIpc) is 3.56. The molecule has 2 heteroatoms. The van der Waals surface area contributed by atoms with Gasteiger partial charge in [0, 0.05) is 42.5 Å². The fraction of sp³-hybridized carbons (Fsp3) is 0. The standard InChI is InChI=1S/C48H31NS/c1-2-14-34(15-3-1)39-20-10-11-24-46(39)49(36-26-25-32-13-4-5-17-35(32)29-36)37-27-28-47-44(30-37)45-31-43(41-21-8-9-22-42(41)48(45)50-47)40-23-12-18-33-16-6-7-19-38(33)40/h1-31H. The smallest absolute Gasteiger partial charge is 0.0540 e. The third-order valence-electron chi connectivity index (χ3n) is 10.0. The molecule has 0 atom stereocenters. The second-order valence-electron chi connectivity index (χ2n) is 12.9. The lowest BCUT2D eigenvalue weighted by molar-refractivity contribution is 1.29. The Morgan fingerprint density at radius 1 is 0.340 bits per heavy atom. The largest absolute Gasteiger partial charge is 0.310 e. The SMILES string of the molecule is c1ccc(-c2ccccc2N(c2ccc3ccccc3c2)c2ccc3sc4c5ccccc5c(-c5cccc6ccccc56)cc4c3c2)cc1. The number of thiophene rings is 1. The molecule has 234 valence electrons. The maximum Gasteiger partial charge on any atom is 0.0540 e. The van der Waals surface area contributed by atoms with E-state index in [2.05, 4.69) is 193 Å². The Morgan fingerprint density at radius 3 is 1.86 bits per heavy atom. The van der Waals surface area contributed by atoms with Crippen LogP contribution in [-0.4, -0.2) is 0 Å². The predicted octanol–water partition coefficient (Wildman–Crippen LogP) is 14.3. The number of anilines is 3. The molecule has 0 aliphatic carbocycles. The van der Waals surface area contributed by atoms with E-state index in [4.69, 9.17) is 0 Å². The first-order valence-corrected chi connectivity index (χ1v) is 17.9. The quantitative estimate of drug-likeness (QED) is 0.179. The molecule has 1 aromatic heterocycles. The summed E-state index contributed by atoms with van der Waals surface area (Å²) in [6, 6.07) is 68.7. The van der Waals surface area contributed by atoms with Gasteiger partial charge in [-0.05, 0) is 86.1 Å². The van der Waals surface area contributed by atoms with E-state index < -0.39 is 0 Å². The molecule has 0 saturated carbocycles. The highest BCUT2D eigenvalue weighted by Crippen LogP contribution is 2.47. The molecule has 0 radical (unpaired) electrons. The van der Waals surface area contributed by atoms with E-state index in [9.17, 15) is 0 Å². The Morgan fingerprint density at radius 2 is 0.980 bits per heavy atom. The van der Waals surface area contributed by atoms with Crippen molar-refractivity contribution in [1.29, 1.82) is 0 Å². The molecule has 1 nitrogen and oxygen atoms in total. The first kappa shape index (κ1) is 28.8. The summed E-state index contributed by atoms with van der Waals surface area (Å²) in [5, 5.41) is 10.2. The Labute approximate surface area is 294 Å². The number of hydrogen-bond acceptors (Lipinski definition) is 2. The fourth-order valence-electron chi connectivity index (χ4n) is 7.68. The number of hydrogen-bond donors (Lipinski definition) is 0. The third-order valence-corrected chi connectivity index (χ3v) is 11.2. The lowest BCUT2D eigenvalue weighted by Crippen LogP contribution is -2.11. The highest BCUT2D eigenvalue weighted by atomic mass is 32.1. The van der Waals surface area contributed by atoms with Crippen LogP contribution in [0.1, 0.15) is 0 Å². The third kappa shape index (κ3) is 4.69. The van der Waals surface area contributed by atoms with E-state index >= 15 is 0 Å². The second-order valence-corrected chi connectivity index (χ2v) is 14.0. The first-order valence-electron chi connectivity index (χ1n) is 17.1. The number of nitrogens with zero attached hydrogens (tertiary/aromatic N) is 1. The normalized spacial score (nSPS) is 11.6. The van der Waals surface area contributed by atoms with E-state index in [1.165, 1.54) is 74.7 Å². The van der Waals surface area contributed by atoms with Crippen LogP contribution in [0.25, 0.3) is 74.7 Å². The van der Waals surface area contributed by atoms with Gasteiger partial charge in [-0.25, -0.2) is 0 Å². The minimum Gasteiger partial charge on any atom is -0.310 e. The van der Waals surface area contributed by atoms with Crippen molar-refractivity contribution in [3.63, 3.8) is 0 Å². The Hall–Kier alpha value is -6.22. The maximum absolute atomic E-state index is 2.44. The van der Waals surface area contributed by atoms with Crippen molar-refractivity contribution in [1.82, 2.24) is 0 Å². The van der Waals surface area contributed by atoms with Gasteiger partial charge in [-0.1, -0.05) is 146 Å². The summed E-state index contributed by atoms with van der Waals surface area (Å²) in [5.41, 5.74) is 8.35. The molecule has 0 aliphatic rings. The summed E-state index contributed by atoms with van der Waals surface area (Å²) >= 11 is 1.89. The van der Waals surface area contributed by atoms with E-state index in [1.54, 1.807) is 0 Å². The van der Waals surface area contributed by atoms with Crippen molar-refractivity contribution in [3.05, 3.63) is 188 Å². The average molecular weight is 654 g/mol. The Kier molecular flexibility index (Phi) is 6.75. The first-order chi connectivity index (χ1) is 24.8. The van der Waals surface area contributed by atoms with Gasteiger partial charge in [0.15, 0.2) is 0 Å². The highest BCUT2D eigenvalue weighted by Gasteiger charge is 2.20. The van der Waals surface area contributed by atoms with Gasteiger partial charge in [-0.3, -0.25) is 0 Å². The van der Waals surface area contributed by atoms with Gasteiger partial charge >= 0.3 is 0 Å². The summed E-state index contributed by atoms with van der Waals surface area (Å²) in [6.07, 6.45) is 0. The molecule has 1 heterocycles. The van der Waals surface area contributed by atoms with Crippen molar-refractivity contribution in [3.8, 4) is 22.3 Å². The van der Waals surface area contributed by atoms with Crippen molar-refractivity contribution < 1.29 is 0 Å². The van der Waals surface area contributed by atoms with E-state index in [1.807, 2.05) is 11.3 Å². The summed E-state index contributed by atoms with van der Waals surface area (Å²) in [6.45, 7) is 0. The molecule has 0 N–H and O–H groups in total. The Bertz CT molecular complexity index is 2880. The minimum absolute atomic E-state index is 1.13. The van der Waals surface area contributed by atoms with Crippen LogP contribution >= 0.6 is 11.3 Å². The number of benzene rings is 9. The van der Waals surface area contributed by atoms with Crippen LogP contribution in [0.4, 0.5) is 17.1 Å². The molecule has 9 aromatic carbocycles. The zero-order valence-corrected chi connectivity index (χ0v) is 28.1. The summed E-state index contributed by atoms with van der Waals surface area (Å²) in [7, 11) is 0. The number of para-hydroxylation sites is 1. The molecule has 0 amide bonds. The van der Waals surface area contributed by atoms with Crippen LogP contribution in [-0.2, 0) is 0 Å². The van der Waals surface area contributed by atoms with Gasteiger partial charge < -0.3 is 4.90 Å². The molecule has 10 aromatic rings. The topological polar surface area (TPSA) is 3.24 Å². The summed E-state index contributed by atoms with van der Waals surface area (Å²) < 4.78 is 2.62. The second kappa shape index (κ2) is 11.7. The lowest BCUT2D eigenvalue weighted by Gasteiger charge is -2.28. The molecular formula is C48H31NS. The predicted molar refractivity (Wildman–Crippen MR) is 217 cm³/mol. The lowest BCUT2D eigenvalue weighted by atomic mass is 9.92. The van der Waals surface area contributed by atoms with Gasteiger partial charge in [0.1, 0.15) is 0 Å². The number of rotatable bonds is 5. The number of fused-ring (bicyclic) bond motifs is 7. The van der Waals surface area contributed by atoms with E-state index in [0.29, 0.717) is 0 Å². The van der Waals surface area contributed by atoms with Crippen molar-refractivity contribution >= 4 is 80.9 Å². The van der Waals surface area contributed by atoms with Crippen LogP contribution in [0.15, 0.2) is 188 Å². The molecule has 0 unspecified atom stereocenters. The van der Waals surface area contributed by atoms with Gasteiger partial charge in [0.25, 0.3) is 0 Å². The zero-order chi connectivity index (χ0) is 33.0. The molecule has 0 aliphatic heterocycles. The van der Waals surface area contributed by atoms with Crippen molar-refractivity contribution in [2.75, 3.05) is 4.90 Å². The van der Waals surface area contributed by atoms with Crippen LogP contribution in [0.3, 0.4) is 0 Å². The van der Waals surface area contributed by atoms with Crippen LogP contribution in [0, 0.1) is 0 Å². The summed E-state index contributed by atoms with van der Waals surface area (Å²) in [5.74, 6) is 0. The highest BCUT2D eigenvalue weighted by molar-refractivity contribution is 7.26. The molecule has 10 rings (SSSR count). The van der Waals surface area contributed by atoms with Gasteiger partial charge in [-0.15, -0.1) is 11.3 Å². The minimum atomic E-state index is 1.13. The fourth-order valence-corrected chi connectivity index (χ4v) is 8.88. The van der Waals surface area contributed by atoms with Gasteiger partial charge in [0.2, 0.25) is 0 Å². The van der Waals surface area contributed by atoms with Crippen LogP contribution in [0.5, 0.6) is 0 Å². The van der Waals surface area contributed by atoms with Gasteiger partial charge in [-0.2, -0.15) is 0 Å². The molecule has 50 heavy (non-hydrogen) atoms. The maximum atomic E-state index is 2.44. The molecule has 0 fully saturated rings. The van der Waals surface area contributed by atoms with Crippen LogP contribution in [0.2, 0.25) is 0 Å². The van der Waals surface area contributed by atoms with E-state index in [-0.39, 0.29) is 0 Å².